The molecule has 0 bridgehead atoms. The minimum atomic E-state index is -0.907. The highest BCUT2D eigenvalue weighted by atomic mass is 16.3. The van der Waals surface area contributed by atoms with Crippen molar-refractivity contribution in [3.8, 4) is 0 Å². The van der Waals surface area contributed by atoms with E-state index in [-0.39, 0.29) is 24.3 Å². The molecule has 0 aromatic carbocycles. The predicted molar refractivity (Wildman–Crippen MR) is 92.3 cm³/mol. The van der Waals surface area contributed by atoms with E-state index in [9.17, 15) is 14.7 Å². The second kappa shape index (κ2) is 7.49. The lowest BCUT2D eigenvalue weighted by Crippen LogP contribution is -2.50. The van der Waals surface area contributed by atoms with E-state index in [1.54, 1.807) is 12.4 Å². The summed E-state index contributed by atoms with van der Waals surface area (Å²) in [7, 11) is 0. The number of carbonyl (C=O) groups is 2. The Morgan fingerprint density at radius 1 is 1.32 bits per heavy atom. The standard InChI is InChI=1S/C18H26N4O3/c19-16(23)13-21-8-2-3-14(12-21)17(24)22-9-5-18(25,6-10-22)15-4-1-7-20-11-15/h1,4,7,11,14,25H,2-3,5-6,8-10,12-13H2,(H2,19,23). The molecule has 0 radical (unpaired) electrons. The molecule has 1 aromatic rings. The van der Waals surface area contributed by atoms with Crippen LogP contribution in [0.25, 0.3) is 0 Å². The molecular formula is C18H26N4O3. The maximum Gasteiger partial charge on any atom is 0.231 e. The lowest BCUT2D eigenvalue weighted by Gasteiger charge is -2.41. The van der Waals surface area contributed by atoms with Crippen LogP contribution in [0.5, 0.6) is 0 Å². The second-order valence-corrected chi connectivity index (χ2v) is 7.14. The fourth-order valence-corrected chi connectivity index (χ4v) is 3.90. The zero-order chi connectivity index (χ0) is 17.9. The van der Waals surface area contributed by atoms with Crippen LogP contribution in [0.15, 0.2) is 24.5 Å². The third-order valence-corrected chi connectivity index (χ3v) is 5.34. The molecule has 136 valence electrons. The van der Waals surface area contributed by atoms with Crippen molar-refractivity contribution in [3.05, 3.63) is 30.1 Å². The van der Waals surface area contributed by atoms with Gasteiger partial charge in [0.25, 0.3) is 0 Å². The molecule has 2 aliphatic heterocycles. The third kappa shape index (κ3) is 4.16. The third-order valence-electron chi connectivity index (χ3n) is 5.34. The summed E-state index contributed by atoms with van der Waals surface area (Å²) in [6.07, 6.45) is 6.16. The van der Waals surface area contributed by atoms with Crippen LogP contribution in [0.3, 0.4) is 0 Å². The van der Waals surface area contributed by atoms with Crippen molar-refractivity contribution in [1.82, 2.24) is 14.8 Å². The topological polar surface area (TPSA) is 99.8 Å². The highest BCUT2D eigenvalue weighted by Gasteiger charge is 2.38. The summed E-state index contributed by atoms with van der Waals surface area (Å²) in [5, 5.41) is 10.9. The van der Waals surface area contributed by atoms with Crippen molar-refractivity contribution >= 4 is 11.8 Å². The van der Waals surface area contributed by atoms with Gasteiger partial charge >= 0.3 is 0 Å². The number of likely N-dealkylation sites (tertiary alicyclic amines) is 2. The van der Waals surface area contributed by atoms with Crippen LogP contribution in [0, 0.1) is 5.92 Å². The van der Waals surface area contributed by atoms with Crippen molar-refractivity contribution < 1.29 is 14.7 Å². The predicted octanol–water partition coefficient (Wildman–Crippen LogP) is 0.0889. The van der Waals surface area contributed by atoms with Crippen LogP contribution in [0.1, 0.15) is 31.2 Å². The van der Waals surface area contributed by atoms with Gasteiger partial charge in [-0.1, -0.05) is 6.07 Å². The quantitative estimate of drug-likeness (QED) is 0.805. The number of pyridine rings is 1. The van der Waals surface area contributed by atoms with E-state index in [0.29, 0.717) is 32.5 Å². The molecule has 7 nitrogen and oxygen atoms in total. The number of carbonyl (C=O) groups excluding carboxylic acids is 2. The van der Waals surface area contributed by atoms with Gasteiger partial charge in [-0.2, -0.15) is 0 Å². The van der Waals surface area contributed by atoms with Gasteiger partial charge in [-0.25, -0.2) is 0 Å². The molecule has 1 atom stereocenters. The van der Waals surface area contributed by atoms with Crippen molar-refractivity contribution in [1.29, 1.82) is 0 Å². The Hall–Kier alpha value is -1.99. The van der Waals surface area contributed by atoms with Crippen LogP contribution < -0.4 is 5.73 Å². The molecular weight excluding hydrogens is 320 g/mol. The molecule has 2 saturated heterocycles. The Balaban J connectivity index is 1.57. The number of hydrogen-bond donors (Lipinski definition) is 2. The number of aromatic nitrogens is 1. The van der Waals surface area contributed by atoms with E-state index >= 15 is 0 Å². The molecule has 2 aliphatic rings. The molecule has 1 aromatic heterocycles. The zero-order valence-electron chi connectivity index (χ0n) is 14.4. The highest BCUT2D eigenvalue weighted by Crippen LogP contribution is 2.33. The SMILES string of the molecule is NC(=O)CN1CCCC(C(=O)N2CCC(O)(c3cccnc3)CC2)C1. The average Bonchev–Trinajstić information content (AvgIpc) is 2.62. The Labute approximate surface area is 147 Å². The lowest BCUT2D eigenvalue weighted by molar-refractivity contribution is -0.142. The van der Waals surface area contributed by atoms with Crippen LogP contribution >= 0.6 is 0 Å². The van der Waals surface area contributed by atoms with E-state index in [0.717, 1.165) is 24.9 Å². The normalized spacial score (nSPS) is 24.0. The van der Waals surface area contributed by atoms with Crippen LogP contribution in [0.2, 0.25) is 0 Å². The number of hydrogen-bond acceptors (Lipinski definition) is 5. The van der Waals surface area contributed by atoms with Gasteiger partial charge in [0.2, 0.25) is 11.8 Å². The highest BCUT2D eigenvalue weighted by molar-refractivity contribution is 5.80. The van der Waals surface area contributed by atoms with Crippen LogP contribution in [-0.2, 0) is 15.2 Å². The molecule has 0 spiro atoms. The molecule has 25 heavy (non-hydrogen) atoms. The Morgan fingerprint density at radius 2 is 2.08 bits per heavy atom. The van der Waals surface area contributed by atoms with Crippen LogP contribution in [-0.4, -0.2) is 64.4 Å². The molecule has 0 saturated carbocycles. The molecule has 7 heteroatoms. The van der Waals surface area contributed by atoms with Gasteiger partial charge in [0.1, 0.15) is 0 Å². The van der Waals surface area contributed by atoms with E-state index in [1.165, 1.54) is 0 Å². The second-order valence-electron chi connectivity index (χ2n) is 7.14. The van der Waals surface area contributed by atoms with Gasteiger partial charge in [0, 0.05) is 37.6 Å². The Kier molecular flexibility index (Phi) is 5.34. The van der Waals surface area contributed by atoms with Crippen LogP contribution in [0.4, 0.5) is 0 Å². The maximum absolute atomic E-state index is 12.8. The first kappa shape index (κ1) is 17.8. The lowest BCUT2D eigenvalue weighted by atomic mass is 9.84. The van der Waals surface area contributed by atoms with E-state index in [1.807, 2.05) is 21.9 Å². The van der Waals surface area contributed by atoms with Crippen molar-refractivity contribution in [3.63, 3.8) is 0 Å². The molecule has 2 fully saturated rings. The fourth-order valence-electron chi connectivity index (χ4n) is 3.90. The summed E-state index contributed by atoms with van der Waals surface area (Å²) in [5.41, 5.74) is 5.17. The molecule has 3 N–H and O–H groups in total. The zero-order valence-corrected chi connectivity index (χ0v) is 14.4. The van der Waals surface area contributed by atoms with Crippen molar-refractivity contribution in [2.24, 2.45) is 11.7 Å². The van der Waals surface area contributed by atoms with Gasteiger partial charge in [-0.05, 0) is 38.3 Å². The van der Waals surface area contributed by atoms with E-state index in [4.69, 9.17) is 5.73 Å². The average molecular weight is 346 g/mol. The first-order chi connectivity index (χ1) is 12.0. The Bertz CT molecular complexity index is 614. The number of amides is 2. The summed E-state index contributed by atoms with van der Waals surface area (Å²) in [6.45, 7) is 2.69. The number of rotatable bonds is 4. The minimum absolute atomic E-state index is 0.0855. The first-order valence-corrected chi connectivity index (χ1v) is 8.90. The maximum atomic E-state index is 12.8. The fraction of sp³-hybridized carbons (Fsp3) is 0.611. The molecule has 1 unspecified atom stereocenters. The molecule has 0 aliphatic carbocycles. The number of nitrogens with two attached hydrogens (primary N) is 1. The summed E-state index contributed by atoms with van der Waals surface area (Å²) in [5.74, 6) is -0.312. The van der Waals surface area contributed by atoms with Crippen molar-refractivity contribution in [2.45, 2.75) is 31.3 Å². The summed E-state index contributed by atoms with van der Waals surface area (Å²) in [4.78, 5) is 31.8. The van der Waals surface area contributed by atoms with Gasteiger partial charge in [-0.3, -0.25) is 19.5 Å². The number of primary amides is 1. The number of nitrogens with zero attached hydrogens (tertiary/aromatic N) is 3. The van der Waals surface area contributed by atoms with Gasteiger partial charge in [-0.15, -0.1) is 0 Å². The van der Waals surface area contributed by atoms with E-state index in [2.05, 4.69) is 4.98 Å². The monoisotopic (exact) mass is 346 g/mol. The number of piperidine rings is 2. The number of aliphatic hydroxyl groups is 1. The van der Waals surface area contributed by atoms with Gasteiger partial charge < -0.3 is 15.7 Å². The van der Waals surface area contributed by atoms with Gasteiger partial charge in [0.05, 0.1) is 18.1 Å². The van der Waals surface area contributed by atoms with E-state index < -0.39 is 5.60 Å². The Morgan fingerprint density at radius 3 is 2.72 bits per heavy atom. The minimum Gasteiger partial charge on any atom is -0.385 e. The van der Waals surface area contributed by atoms with Crippen molar-refractivity contribution in [2.75, 3.05) is 32.7 Å². The molecule has 3 heterocycles. The molecule has 3 rings (SSSR count). The largest absolute Gasteiger partial charge is 0.385 e. The summed E-state index contributed by atoms with van der Waals surface area (Å²) in [6, 6.07) is 3.70. The summed E-state index contributed by atoms with van der Waals surface area (Å²) >= 11 is 0. The summed E-state index contributed by atoms with van der Waals surface area (Å²) < 4.78 is 0. The molecule has 2 amide bonds. The first-order valence-electron chi connectivity index (χ1n) is 8.90. The smallest absolute Gasteiger partial charge is 0.231 e. The van der Waals surface area contributed by atoms with Gasteiger partial charge in [0.15, 0.2) is 0 Å².